The van der Waals surface area contributed by atoms with Gasteiger partial charge in [-0.15, -0.1) is 0 Å². The molecule has 1 atom stereocenters. The number of carboxylic acids is 1. The Morgan fingerprint density at radius 2 is 2.33 bits per heavy atom. The van der Waals surface area contributed by atoms with Crippen LogP contribution in [-0.2, 0) is 10.0 Å². The van der Waals surface area contributed by atoms with Crippen molar-refractivity contribution in [1.29, 1.82) is 0 Å². The molecule has 1 aliphatic heterocycles. The summed E-state index contributed by atoms with van der Waals surface area (Å²) in [5, 5.41) is 8.74. The van der Waals surface area contributed by atoms with Crippen LogP contribution in [0.1, 0.15) is 23.3 Å². The lowest BCUT2D eigenvalue weighted by Gasteiger charge is -2.21. The Morgan fingerprint density at radius 1 is 1.56 bits per heavy atom. The average Bonchev–Trinajstić information content (AvgIpc) is 2.79. The second-order valence-corrected chi connectivity index (χ2v) is 6.95. The number of aromatic amines is 1. The molecule has 18 heavy (non-hydrogen) atoms. The van der Waals surface area contributed by atoms with Crippen molar-refractivity contribution in [2.24, 2.45) is 0 Å². The van der Waals surface area contributed by atoms with Crippen molar-refractivity contribution in [3.63, 3.8) is 0 Å². The van der Waals surface area contributed by atoms with Gasteiger partial charge in [-0.25, -0.2) is 17.9 Å². The number of aromatic nitrogens is 1. The molecule has 2 rings (SSSR count). The van der Waals surface area contributed by atoms with Crippen LogP contribution in [0.25, 0.3) is 0 Å². The third-order valence-corrected chi connectivity index (χ3v) is 5.39. The highest BCUT2D eigenvalue weighted by molar-refractivity contribution is 7.99. The van der Waals surface area contributed by atoms with Crippen LogP contribution in [0.3, 0.4) is 0 Å². The lowest BCUT2D eigenvalue weighted by atomic mass is 10.2. The fraction of sp³-hybridized carbons (Fsp3) is 0.500. The number of rotatable bonds is 4. The van der Waals surface area contributed by atoms with Crippen molar-refractivity contribution < 1.29 is 18.3 Å². The van der Waals surface area contributed by atoms with Gasteiger partial charge in [-0.2, -0.15) is 11.8 Å². The van der Waals surface area contributed by atoms with Crippen LogP contribution >= 0.6 is 11.8 Å². The molecule has 0 bridgehead atoms. The van der Waals surface area contributed by atoms with Crippen molar-refractivity contribution >= 4 is 27.8 Å². The number of carboxylic acid groups (broad SMARTS) is 1. The highest BCUT2D eigenvalue weighted by Gasteiger charge is 2.23. The molecular weight excluding hydrogens is 276 g/mol. The number of aromatic carboxylic acids is 1. The van der Waals surface area contributed by atoms with Gasteiger partial charge in [0.15, 0.2) is 0 Å². The molecule has 1 fully saturated rings. The van der Waals surface area contributed by atoms with Gasteiger partial charge in [-0.1, -0.05) is 0 Å². The van der Waals surface area contributed by atoms with Gasteiger partial charge in [0.1, 0.15) is 10.6 Å². The molecule has 0 amide bonds. The summed E-state index contributed by atoms with van der Waals surface area (Å²) in [6.07, 6.45) is 3.01. The monoisotopic (exact) mass is 290 g/mol. The van der Waals surface area contributed by atoms with Crippen LogP contribution in [0.4, 0.5) is 0 Å². The normalized spacial score (nSPS) is 20.8. The number of thioether (sulfide) groups is 1. The lowest BCUT2D eigenvalue weighted by Crippen LogP contribution is -2.38. The van der Waals surface area contributed by atoms with Gasteiger partial charge >= 0.3 is 5.97 Å². The van der Waals surface area contributed by atoms with E-state index in [0.717, 1.165) is 30.4 Å². The fourth-order valence-electron chi connectivity index (χ4n) is 1.77. The molecule has 1 aromatic heterocycles. The van der Waals surface area contributed by atoms with Crippen molar-refractivity contribution in [3.05, 3.63) is 18.0 Å². The second-order valence-electron chi connectivity index (χ2n) is 4.09. The third kappa shape index (κ3) is 3.06. The largest absolute Gasteiger partial charge is 0.477 e. The van der Waals surface area contributed by atoms with Crippen molar-refractivity contribution in [1.82, 2.24) is 9.71 Å². The summed E-state index contributed by atoms with van der Waals surface area (Å²) in [6, 6.07) is 1.05. The van der Waals surface area contributed by atoms with Crippen LogP contribution in [0.5, 0.6) is 0 Å². The third-order valence-electron chi connectivity index (χ3n) is 2.68. The highest BCUT2D eigenvalue weighted by atomic mass is 32.2. The van der Waals surface area contributed by atoms with E-state index in [9.17, 15) is 13.2 Å². The molecule has 1 unspecified atom stereocenters. The number of hydrogen-bond acceptors (Lipinski definition) is 4. The first kappa shape index (κ1) is 13.4. The van der Waals surface area contributed by atoms with Gasteiger partial charge in [0, 0.05) is 18.0 Å². The summed E-state index contributed by atoms with van der Waals surface area (Å²) in [4.78, 5) is 13.1. The molecule has 2 heterocycles. The first-order valence-corrected chi connectivity index (χ1v) is 8.14. The van der Waals surface area contributed by atoms with Gasteiger partial charge in [0.2, 0.25) is 10.0 Å². The topological polar surface area (TPSA) is 99.3 Å². The summed E-state index contributed by atoms with van der Waals surface area (Å²) < 4.78 is 26.6. The van der Waals surface area contributed by atoms with E-state index in [2.05, 4.69) is 9.71 Å². The quantitative estimate of drug-likeness (QED) is 0.764. The van der Waals surface area contributed by atoms with E-state index in [1.807, 2.05) is 0 Å². The van der Waals surface area contributed by atoms with Crippen LogP contribution in [0.15, 0.2) is 17.2 Å². The SMILES string of the molecule is O=C(O)c1cc(S(=O)(=O)NC2CCCSC2)c[nH]1. The molecule has 1 saturated heterocycles. The van der Waals surface area contributed by atoms with E-state index < -0.39 is 16.0 Å². The van der Waals surface area contributed by atoms with E-state index in [4.69, 9.17) is 5.11 Å². The Bertz CT molecular complexity index is 532. The van der Waals surface area contributed by atoms with Crippen molar-refractivity contribution in [2.75, 3.05) is 11.5 Å². The average molecular weight is 290 g/mol. The Labute approximate surface area is 109 Å². The fourth-order valence-corrected chi connectivity index (χ4v) is 4.21. The van der Waals surface area contributed by atoms with E-state index in [0.29, 0.717) is 0 Å². The van der Waals surface area contributed by atoms with Gasteiger partial charge in [0.25, 0.3) is 0 Å². The number of sulfonamides is 1. The summed E-state index contributed by atoms with van der Waals surface area (Å²) in [5.74, 6) is 0.644. The van der Waals surface area contributed by atoms with Gasteiger partial charge in [0.05, 0.1) is 0 Å². The molecule has 0 spiro atoms. The van der Waals surface area contributed by atoms with Crippen molar-refractivity contribution in [3.8, 4) is 0 Å². The molecule has 3 N–H and O–H groups in total. The summed E-state index contributed by atoms with van der Waals surface area (Å²) in [6.45, 7) is 0. The Balaban J connectivity index is 2.11. The summed E-state index contributed by atoms with van der Waals surface area (Å²) in [7, 11) is -3.63. The lowest BCUT2D eigenvalue weighted by molar-refractivity contribution is 0.0691. The number of carbonyl (C=O) groups is 1. The summed E-state index contributed by atoms with van der Waals surface area (Å²) in [5.41, 5.74) is -0.131. The van der Waals surface area contributed by atoms with E-state index in [1.54, 1.807) is 11.8 Å². The number of nitrogens with one attached hydrogen (secondary N) is 2. The standard InChI is InChI=1S/C10H14N2O4S2/c13-10(14)9-4-8(5-11-9)18(15,16)12-7-2-1-3-17-6-7/h4-5,7,11-12H,1-3,6H2,(H,13,14). The molecule has 6 nitrogen and oxygen atoms in total. The van der Waals surface area contributed by atoms with Crippen LogP contribution in [0.2, 0.25) is 0 Å². The van der Waals surface area contributed by atoms with Gasteiger partial charge < -0.3 is 10.1 Å². The zero-order valence-corrected chi connectivity index (χ0v) is 11.2. The zero-order valence-electron chi connectivity index (χ0n) is 9.55. The van der Waals surface area contributed by atoms with Crippen molar-refractivity contribution in [2.45, 2.75) is 23.8 Å². The second kappa shape index (κ2) is 5.33. The Kier molecular flexibility index (Phi) is 3.98. The molecule has 0 saturated carbocycles. The first-order chi connectivity index (χ1) is 8.49. The molecule has 0 radical (unpaired) electrons. The molecule has 8 heteroatoms. The first-order valence-electron chi connectivity index (χ1n) is 5.51. The minimum atomic E-state index is -3.63. The molecule has 1 aromatic rings. The van der Waals surface area contributed by atoms with Gasteiger partial charge in [-0.05, 0) is 24.7 Å². The smallest absolute Gasteiger partial charge is 0.352 e. The highest BCUT2D eigenvalue weighted by Crippen LogP contribution is 2.19. The minimum absolute atomic E-state index is 0.0320. The van der Waals surface area contributed by atoms with Gasteiger partial charge in [-0.3, -0.25) is 0 Å². The maximum absolute atomic E-state index is 12.0. The molecule has 100 valence electrons. The predicted molar refractivity (Wildman–Crippen MR) is 68.4 cm³/mol. The Hall–Kier alpha value is -0.990. The van der Waals surface area contributed by atoms with Crippen LogP contribution < -0.4 is 4.72 Å². The molecule has 0 aliphatic carbocycles. The van der Waals surface area contributed by atoms with Crippen LogP contribution in [0, 0.1) is 0 Å². The maximum atomic E-state index is 12.0. The van der Waals surface area contributed by atoms with E-state index in [1.165, 1.54) is 6.20 Å². The minimum Gasteiger partial charge on any atom is -0.477 e. The molecule has 1 aliphatic rings. The molecular formula is C10H14N2O4S2. The van der Waals surface area contributed by atoms with E-state index in [-0.39, 0.29) is 16.6 Å². The maximum Gasteiger partial charge on any atom is 0.352 e. The van der Waals surface area contributed by atoms with E-state index >= 15 is 0 Å². The number of hydrogen-bond donors (Lipinski definition) is 3. The zero-order chi connectivity index (χ0) is 13.2. The molecule has 0 aromatic carbocycles. The number of H-pyrrole nitrogens is 1. The van der Waals surface area contributed by atoms with Crippen LogP contribution in [-0.4, -0.2) is 42.0 Å². The summed E-state index contributed by atoms with van der Waals surface area (Å²) >= 11 is 1.72. The Morgan fingerprint density at radius 3 is 2.89 bits per heavy atom. The predicted octanol–water partition coefficient (Wildman–Crippen LogP) is 0.887.